The summed E-state index contributed by atoms with van der Waals surface area (Å²) < 4.78 is 7.49. The monoisotopic (exact) mass is 272 g/mol. The van der Waals surface area contributed by atoms with E-state index in [1.807, 2.05) is 18.2 Å². The van der Waals surface area contributed by atoms with Gasteiger partial charge in [0.15, 0.2) is 5.78 Å². The van der Waals surface area contributed by atoms with Gasteiger partial charge in [-0.15, -0.1) is 0 Å². The second kappa shape index (κ2) is 5.37. The number of nitrogens with zero attached hydrogens (tertiary/aromatic N) is 2. The van der Waals surface area contributed by atoms with Crippen LogP contribution in [0.3, 0.4) is 0 Å². The van der Waals surface area contributed by atoms with Crippen LogP contribution in [0.4, 0.5) is 0 Å². The van der Waals surface area contributed by atoms with Crippen LogP contribution in [0.5, 0.6) is 0 Å². The van der Waals surface area contributed by atoms with Gasteiger partial charge in [-0.1, -0.05) is 12.1 Å². The number of hydrogen-bond acceptors (Lipinski definition) is 3. The van der Waals surface area contributed by atoms with Gasteiger partial charge in [-0.2, -0.15) is 0 Å². The first-order chi connectivity index (χ1) is 9.74. The molecule has 0 saturated heterocycles. The number of para-hydroxylation sites is 2. The number of imidazole rings is 1. The third-order valence-electron chi connectivity index (χ3n) is 4.00. The van der Waals surface area contributed by atoms with Gasteiger partial charge in [0.25, 0.3) is 0 Å². The molecule has 3 rings (SSSR count). The van der Waals surface area contributed by atoms with Crippen LogP contribution in [0.25, 0.3) is 11.0 Å². The number of hydrogen-bond donors (Lipinski definition) is 0. The van der Waals surface area contributed by atoms with Crippen molar-refractivity contribution in [2.75, 3.05) is 7.11 Å². The maximum atomic E-state index is 12.4. The zero-order chi connectivity index (χ0) is 14.1. The van der Waals surface area contributed by atoms with Gasteiger partial charge in [-0.3, -0.25) is 4.79 Å². The maximum absolute atomic E-state index is 12.4. The molecular formula is C16H20N2O2. The molecule has 1 unspecified atom stereocenters. The first-order valence-electron chi connectivity index (χ1n) is 7.24. The number of fused-ring (bicyclic) bond motifs is 1. The lowest BCUT2D eigenvalue weighted by Crippen LogP contribution is -2.27. The van der Waals surface area contributed by atoms with Crippen LogP contribution >= 0.6 is 0 Å². The van der Waals surface area contributed by atoms with E-state index in [4.69, 9.17) is 4.74 Å². The van der Waals surface area contributed by atoms with Gasteiger partial charge in [-0.05, 0) is 37.8 Å². The normalized spacial score (nSPS) is 16.5. The first kappa shape index (κ1) is 13.3. The lowest BCUT2D eigenvalue weighted by molar-refractivity contribution is -0.129. The van der Waals surface area contributed by atoms with Crippen molar-refractivity contribution in [3.8, 4) is 0 Å². The summed E-state index contributed by atoms with van der Waals surface area (Å²) >= 11 is 0. The summed E-state index contributed by atoms with van der Waals surface area (Å²) in [4.78, 5) is 17.0. The van der Waals surface area contributed by atoms with Crippen molar-refractivity contribution in [2.45, 2.75) is 38.8 Å². The van der Waals surface area contributed by atoms with Crippen LogP contribution in [-0.2, 0) is 22.5 Å². The Hall–Kier alpha value is -1.68. The van der Waals surface area contributed by atoms with Crippen LogP contribution in [0.2, 0.25) is 0 Å². The third kappa shape index (κ3) is 2.36. The molecule has 2 aromatic rings. The van der Waals surface area contributed by atoms with Gasteiger partial charge in [0.05, 0.1) is 17.5 Å². The maximum Gasteiger partial charge on any atom is 0.169 e. The number of aromatic nitrogens is 2. The largest absolute Gasteiger partial charge is 0.373 e. The minimum Gasteiger partial charge on any atom is -0.373 e. The fraction of sp³-hybridized carbons (Fsp3) is 0.500. The average Bonchev–Trinajstić information content (AvgIpc) is 3.21. The molecule has 0 bridgehead atoms. The van der Waals surface area contributed by atoms with Gasteiger partial charge >= 0.3 is 0 Å². The van der Waals surface area contributed by atoms with E-state index in [1.54, 1.807) is 7.11 Å². The Labute approximate surface area is 118 Å². The van der Waals surface area contributed by atoms with Crippen LogP contribution in [0, 0.1) is 5.92 Å². The summed E-state index contributed by atoms with van der Waals surface area (Å²) in [5.41, 5.74) is 2.05. The predicted molar refractivity (Wildman–Crippen MR) is 77.6 cm³/mol. The van der Waals surface area contributed by atoms with Crippen molar-refractivity contribution in [3.63, 3.8) is 0 Å². The molecule has 1 aliphatic rings. The van der Waals surface area contributed by atoms with Crippen molar-refractivity contribution in [3.05, 3.63) is 30.1 Å². The number of aryl methyl sites for hydroxylation is 1. The van der Waals surface area contributed by atoms with Gasteiger partial charge in [0.2, 0.25) is 0 Å². The molecule has 1 aromatic heterocycles. The number of ether oxygens (including phenoxy) is 1. The Morgan fingerprint density at radius 1 is 1.45 bits per heavy atom. The fourth-order valence-electron chi connectivity index (χ4n) is 2.86. The predicted octanol–water partition coefficient (Wildman–Crippen LogP) is 2.59. The van der Waals surface area contributed by atoms with Crippen molar-refractivity contribution in [2.24, 2.45) is 5.92 Å². The first-order valence-corrected chi connectivity index (χ1v) is 7.24. The van der Waals surface area contributed by atoms with Crippen molar-refractivity contribution >= 4 is 16.8 Å². The Morgan fingerprint density at radius 2 is 2.20 bits per heavy atom. The molecule has 4 nitrogen and oxygen atoms in total. The zero-order valence-electron chi connectivity index (χ0n) is 12.0. The Morgan fingerprint density at radius 3 is 2.85 bits per heavy atom. The van der Waals surface area contributed by atoms with E-state index in [0.29, 0.717) is 12.3 Å². The topological polar surface area (TPSA) is 44.1 Å². The standard InChI is InChI=1S/C16H20N2O2/c1-3-18-13-7-5-4-6-12(13)17-15(18)10-14(19)16(20-2)11-8-9-11/h4-7,11,16H,3,8-10H2,1-2H3. The summed E-state index contributed by atoms with van der Waals surface area (Å²) in [6, 6.07) is 8.02. The minimum atomic E-state index is -0.250. The van der Waals surface area contributed by atoms with E-state index in [-0.39, 0.29) is 11.9 Å². The van der Waals surface area contributed by atoms with Crippen LogP contribution in [0.1, 0.15) is 25.6 Å². The molecule has 0 aliphatic heterocycles. The van der Waals surface area contributed by atoms with Crippen molar-refractivity contribution in [1.29, 1.82) is 0 Å². The summed E-state index contributed by atoms with van der Waals surface area (Å²) in [5.74, 6) is 1.42. The Kier molecular flexibility index (Phi) is 3.57. The van der Waals surface area contributed by atoms with E-state index in [0.717, 1.165) is 36.2 Å². The highest BCUT2D eigenvalue weighted by molar-refractivity contribution is 5.86. The average molecular weight is 272 g/mol. The Bertz CT molecular complexity index is 628. The van der Waals surface area contributed by atoms with E-state index in [1.165, 1.54) is 0 Å². The zero-order valence-corrected chi connectivity index (χ0v) is 12.0. The molecule has 1 heterocycles. The van der Waals surface area contributed by atoms with Gasteiger partial charge in [0, 0.05) is 13.7 Å². The molecular weight excluding hydrogens is 252 g/mol. The van der Waals surface area contributed by atoms with Crippen LogP contribution < -0.4 is 0 Å². The Balaban J connectivity index is 1.88. The number of Topliss-reactive ketones (excluding diaryl/α,β-unsaturated/α-hetero) is 1. The molecule has 20 heavy (non-hydrogen) atoms. The number of benzene rings is 1. The highest BCUT2D eigenvalue weighted by Crippen LogP contribution is 2.35. The molecule has 1 fully saturated rings. The second-order valence-corrected chi connectivity index (χ2v) is 5.40. The quantitative estimate of drug-likeness (QED) is 0.812. The molecule has 1 aliphatic carbocycles. The minimum absolute atomic E-state index is 0.153. The SMILES string of the molecule is CCn1c(CC(=O)C(OC)C2CC2)nc2ccccc21. The number of rotatable bonds is 6. The third-order valence-corrected chi connectivity index (χ3v) is 4.00. The lowest BCUT2D eigenvalue weighted by atomic mass is 10.1. The number of methoxy groups -OCH3 is 1. The van der Waals surface area contributed by atoms with E-state index in [2.05, 4.69) is 22.5 Å². The van der Waals surface area contributed by atoms with E-state index in [9.17, 15) is 4.79 Å². The molecule has 4 heteroatoms. The molecule has 0 radical (unpaired) electrons. The fourth-order valence-corrected chi connectivity index (χ4v) is 2.86. The molecule has 1 aromatic carbocycles. The molecule has 1 saturated carbocycles. The van der Waals surface area contributed by atoms with Crippen LogP contribution in [0.15, 0.2) is 24.3 Å². The molecule has 1 atom stereocenters. The van der Waals surface area contributed by atoms with E-state index >= 15 is 0 Å². The molecule has 0 N–H and O–H groups in total. The summed E-state index contributed by atoms with van der Waals surface area (Å²) in [7, 11) is 1.63. The van der Waals surface area contributed by atoms with E-state index < -0.39 is 0 Å². The van der Waals surface area contributed by atoms with Gasteiger partial charge in [-0.25, -0.2) is 4.98 Å². The molecule has 106 valence electrons. The molecule has 0 spiro atoms. The lowest BCUT2D eigenvalue weighted by Gasteiger charge is -2.13. The smallest absolute Gasteiger partial charge is 0.169 e. The molecule has 0 amide bonds. The van der Waals surface area contributed by atoms with Crippen molar-refractivity contribution in [1.82, 2.24) is 9.55 Å². The number of carbonyl (C=O) groups excluding carboxylic acids is 1. The summed E-state index contributed by atoms with van der Waals surface area (Å²) in [6.45, 7) is 2.90. The van der Waals surface area contributed by atoms with Gasteiger partial charge in [0.1, 0.15) is 11.9 Å². The van der Waals surface area contributed by atoms with Crippen LogP contribution in [-0.4, -0.2) is 28.5 Å². The number of carbonyl (C=O) groups is 1. The summed E-state index contributed by atoms with van der Waals surface area (Å²) in [5, 5.41) is 0. The van der Waals surface area contributed by atoms with Crippen molar-refractivity contribution < 1.29 is 9.53 Å². The summed E-state index contributed by atoms with van der Waals surface area (Å²) in [6.07, 6.45) is 2.32. The van der Waals surface area contributed by atoms with Gasteiger partial charge < -0.3 is 9.30 Å². The second-order valence-electron chi connectivity index (χ2n) is 5.40. The highest BCUT2D eigenvalue weighted by atomic mass is 16.5. The highest BCUT2D eigenvalue weighted by Gasteiger charge is 2.36. The number of ketones is 1.